The van der Waals surface area contributed by atoms with Gasteiger partial charge in [0.05, 0.1) is 6.21 Å². The molecule has 50 valence electrons. The molecule has 0 saturated carbocycles. The van der Waals surface area contributed by atoms with Gasteiger partial charge in [-0.15, -0.1) is 0 Å². The summed E-state index contributed by atoms with van der Waals surface area (Å²) in [6.45, 7) is 0. The zero-order chi connectivity index (χ0) is 6.97. The van der Waals surface area contributed by atoms with Crippen LogP contribution in [0.1, 0.15) is 5.82 Å². The molecule has 0 spiro atoms. The van der Waals surface area contributed by atoms with Crippen LogP contribution in [0.5, 0.6) is 0 Å². The van der Waals surface area contributed by atoms with E-state index in [1.165, 1.54) is 6.21 Å². The number of furan rings is 1. The molecule has 2 heterocycles. The Bertz CT molecular complexity index is 331. The number of imidazole rings is 1. The molecule has 0 aliphatic heterocycles. The van der Waals surface area contributed by atoms with Crippen LogP contribution in [0.3, 0.4) is 0 Å². The smallest absolute Gasteiger partial charge is 0.149 e. The number of fused-ring (bicyclic) bond motifs is 1. The van der Waals surface area contributed by atoms with E-state index in [1.807, 2.05) is 0 Å². The highest BCUT2D eigenvalue weighted by Crippen LogP contribution is 2.09. The molecule has 0 saturated heterocycles. The van der Waals surface area contributed by atoms with Gasteiger partial charge in [0.15, 0.2) is 0 Å². The Hall–Kier alpha value is -1.58. The lowest BCUT2D eigenvalue weighted by atomic mass is 10.5. The third-order valence-corrected chi connectivity index (χ3v) is 1.28. The highest BCUT2D eigenvalue weighted by Gasteiger charge is 1.99. The van der Waals surface area contributed by atoms with E-state index in [-0.39, 0.29) is 0 Å². The van der Waals surface area contributed by atoms with Crippen molar-refractivity contribution < 1.29 is 4.42 Å². The second-order valence-electron chi connectivity index (χ2n) is 1.94. The molecule has 0 radical (unpaired) electrons. The summed E-state index contributed by atoms with van der Waals surface area (Å²) < 4.78 is 4.84. The largest absolute Gasteiger partial charge is 0.468 e. The second-order valence-corrected chi connectivity index (χ2v) is 1.94. The predicted octanol–water partition coefficient (Wildman–Crippen LogP) is 1.15. The van der Waals surface area contributed by atoms with Crippen LogP contribution >= 0.6 is 0 Å². The lowest BCUT2D eigenvalue weighted by Gasteiger charge is -1.75. The normalized spacial score (nSPS) is 10.4. The first-order valence-electron chi connectivity index (χ1n) is 2.82. The molecule has 0 aromatic carbocycles. The molecule has 0 fully saturated rings. The lowest BCUT2D eigenvalue weighted by Crippen LogP contribution is -1.79. The van der Waals surface area contributed by atoms with E-state index in [9.17, 15) is 0 Å². The molecule has 4 heteroatoms. The molecule has 2 aromatic heterocycles. The highest BCUT2D eigenvalue weighted by atomic mass is 16.3. The van der Waals surface area contributed by atoms with Crippen LogP contribution in [0.4, 0.5) is 0 Å². The second kappa shape index (κ2) is 1.70. The first-order valence-corrected chi connectivity index (χ1v) is 2.82. The van der Waals surface area contributed by atoms with Crippen molar-refractivity contribution >= 4 is 17.2 Å². The number of hydrogen-bond acceptors (Lipinski definition) is 3. The van der Waals surface area contributed by atoms with Gasteiger partial charge in [0.1, 0.15) is 29.4 Å². The van der Waals surface area contributed by atoms with E-state index in [2.05, 4.69) is 9.97 Å². The van der Waals surface area contributed by atoms with Gasteiger partial charge < -0.3 is 14.8 Å². The quantitative estimate of drug-likeness (QED) is 0.576. The van der Waals surface area contributed by atoms with Gasteiger partial charge in [0.2, 0.25) is 0 Å². The molecule has 10 heavy (non-hydrogen) atoms. The van der Waals surface area contributed by atoms with Crippen molar-refractivity contribution in [1.29, 1.82) is 5.41 Å². The molecule has 0 bridgehead atoms. The van der Waals surface area contributed by atoms with Crippen LogP contribution in [-0.2, 0) is 0 Å². The van der Waals surface area contributed by atoms with Crippen molar-refractivity contribution in [2.75, 3.05) is 0 Å². The zero-order valence-electron chi connectivity index (χ0n) is 5.09. The van der Waals surface area contributed by atoms with Crippen LogP contribution < -0.4 is 0 Å². The maximum Gasteiger partial charge on any atom is 0.149 e. The first-order chi connectivity index (χ1) is 4.90. The van der Waals surface area contributed by atoms with Gasteiger partial charge in [-0.25, -0.2) is 4.98 Å². The summed E-state index contributed by atoms with van der Waals surface area (Å²) in [5, 5.41) is 6.87. The number of aromatic nitrogens is 2. The summed E-state index contributed by atoms with van der Waals surface area (Å²) in [7, 11) is 0. The molecule has 2 N–H and O–H groups in total. The fraction of sp³-hybridized carbons (Fsp3) is 0. The van der Waals surface area contributed by atoms with Crippen molar-refractivity contribution in [3.8, 4) is 0 Å². The number of H-pyrrole nitrogens is 1. The average Bonchev–Trinajstić information content (AvgIpc) is 2.42. The average molecular weight is 135 g/mol. The summed E-state index contributed by atoms with van der Waals surface area (Å²) in [6.07, 6.45) is 4.27. The van der Waals surface area contributed by atoms with Crippen molar-refractivity contribution in [2.45, 2.75) is 0 Å². The van der Waals surface area contributed by atoms with Gasteiger partial charge in [-0.05, 0) is 0 Å². The molecule has 2 aromatic rings. The van der Waals surface area contributed by atoms with Gasteiger partial charge in [-0.2, -0.15) is 0 Å². The Morgan fingerprint density at radius 1 is 1.60 bits per heavy atom. The van der Waals surface area contributed by atoms with E-state index in [0.29, 0.717) is 5.82 Å². The van der Waals surface area contributed by atoms with Gasteiger partial charge in [-0.1, -0.05) is 0 Å². The Labute approximate surface area is 56.4 Å². The van der Waals surface area contributed by atoms with Crippen molar-refractivity contribution in [3.05, 3.63) is 18.4 Å². The standard InChI is InChI=1S/C6H5N3O/c7-1-6-8-4-2-10-3-5(4)9-6/h1-3,7H,(H,8,9). The van der Waals surface area contributed by atoms with Crippen LogP contribution in [0.25, 0.3) is 11.0 Å². The van der Waals surface area contributed by atoms with Gasteiger partial charge in [0.25, 0.3) is 0 Å². The maximum atomic E-state index is 6.87. The number of nitrogens with zero attached hydrogens (tertiary/aromatic N) is 1. The Morgan fingerprint density at radius 3 is 3.20 bits per heavy atom. The third kappa shape index (κ3) is 0.556. The Balaban J connectivity index is 2.78. The van der Waals surface area contributed by atoms with Crippen LogP contribution in [0.15, 0.2) is 16.9 Å². The van der Waals surface area contributed by atoms with Crippen molar-refractivity contribution in [1.82, 2.24) is 9.97 Å². The minimum Gasteiger partial charge on any atom is -0.468 e. The Morgan fingerprint density at radius 2 is 2.50 bits per heavy atom. The summed E-state index contributed by atoms with van der Waals surface area (Å²) >= 11 is 0. The first kappa shape index (κ1) is 5.22. The molecule has 4 nitrogen and oxygen atoms in total. The molecule has 0 amide bonds. The number of rotatable bonds is 1. The van der Waals surface area contributed by atoms with Crippen LogP contribution in [-0.4, -0.2) is 16.2 Å². The SMILES string of the molecule is N=Cc1nc2cocc2[nH]1. The van der Waals surface area contributed by atoms with E-state index in [0.717, 1.165) is 11.0 Å². The summed E-state index contributed by atoms with van der Waals surface area (Å²) in [5.41, 5.74) is 1.59. The minimum absolute atomic E-state index is 0.556. The van der Waals surface area contributed by atoms with E-state index >= 15 is 0 Å². The molecular formula is C6H5N3O. The number of aromatic amines is 1. The Kier molecular flexibility index (Phi) is 0.887. The van der Waals surface area contributed by atoms with E-state index in [4.69, 9.17) is 9.83 Å². The highest BCUT2D eigenvalue weighted by molar-refractivity contribution is 5.81. The van der Waals surface area contributed by atoms with Crippen molar-refractivity contribution in [2.24, 2.45) is 0 Å². The molecular weight excluding hydrogens is 130 g/mol. The summed E-state index contributed by atoms with van der Waals surface area (Å²) in [4.78, 5) is 6.88. The maximum absolute atomic E-state index is 6.87. The molecule has 0 aliphatic rings. The molecule has 0 atom stereocenters. The van der Waals surface area contributed by atoms with E-state index < -0.39 is 0 Å². The van der Waals surface area contributed by atoms with Crippen LogP contribution in [0.2, 0.25) is 0 Å². The van der Waals surface area contributed by atoms with Gasteiger partial charge in [0, 0.05) is 0 Å². The lowest BCUT2D eigenvalue weighted by molar-refractivity contribution is 0.570. The van der Waals surface area contributed by atoms with Gasteiger partial charge in [-0.3, -0.25) is 0 Å². The van der Waals surface area contributed by atoms with E-state index in [1.54, 1.807) is 12.5 Å². The number of hydrogen-bond donors (Lipinski definition) is 2. The topological polar surface area (TPSA) is 65.7 Å². The zero-order valence-corrected chi connectivity index (χ0v) is 5.09. The third-order valence-electron chi connectivity index (χ3n) is 1.28. The summed E-state index contributed by atoms with van der Waals surface area (Å²) in [6, 6.07) is 0. The molecule has 0 aliphatic carbocycles. The molecule has 2 rings (SSSR count). The van der Waals surface area contributed by atoms with Gasteiger partial charge >= 0.3 is 0 Å². The van der Waals surface area contributed by atoms with Crippen LogP contribution in [0, 0.1) is 5.41 Å². The fourth-order valence-corrected chi connectivity index (χ4v) is 0.834. The van der Waals surface area contributed by atoms with Crippen molar-refractivity contribution in [3.63, 3.8) is 0 Å². The fourth-order valence-electron chi connectivity index (χ4n) is 0.834. The monoisotopic (exact) mass is 135 g/mol. The minimum atomic E-state index is 0.556. The predicted molar refractivity (Wildman–Crippen MR) is 36.2 cm³/mol. The number of nitrogens with one attached hydrogen (secondary N) is 2. The summed E-state index contributed by atoms with van der Waals surface area (Å²) in [5.74, 6) is 0.556. The molecule has 0 unspecified atom stereocenters.